The molecule has 0 saturated carbocycles. The quantitative estimate of drug-likeness (QED) is 0.588. The second-order valence-electron chi connectivity index (χ2n) is 6.77. The first-order chi connectivity index (χ1) is 13.6. The zero-order chi connectivity index (χ0) is 19.9. The molecule has 3 aromatic rings. The van der Waals surface area contributed by atoms with Crippen LogP contribution in [-0.2, 0) is 11.2 Å². The third kappa shape index (κ3) is 4.58. The van der Waals surface area contributed by atoms with Gasteiger partial charge in [-0.25, -0.2) is 0 Å². The Morgan fingerprint density at radius 3 is 2.46 bits per heavy atom. The van der Waals surface area contributed by atoms with Gasteiger partial charge in [0.1, 0.15) is 5.75 Å². The van der Waals surface area contributed by atoms with Crippen LogP contribution in [0.5, 0.6) is 5.75 Å². The number of ketones is 1. The summed E-state index contributed by atoms with van der Waals surface area (Å²) in [6, 6.07) is 19.0. The molecule has 0 fully saturated rings. The number of benzene rings is 3. The van der Waals surface area contributed by atoms with Crippen molar-refractivity contribution in [3.05, 3.63) is 77.4 Å². The predicted octanol–water partition coefficient (Wildman–Crippen LogP) is 4.54. The standard InChI is InChI=1S/C24H25NO3/c1-3-7-23(26)25-13-12-19-15-20(24(27)17-8-5-4-6-9-17)14-18-10-11-21(28-2)16-22(18)19/h4-6,8-11,14-16H,3,7,12-13H2,1-2H3,(H,25,26). The summed E-state index contributed by atoms with van der Waals surface area (Å²) >= 11 is 0. The lowest BCUT2D eigenvalue weighted by atomic mass is 9.94. The molecule has 28 heavy (non-hydrogen) atoms. The van der Waals surface area contributed by atoms with Crippen molar-refractivity contribution >= 4 is 22.5 Å². The zero-order valence-corrected chi connectivity index (χ0v) is 16.3. The fourth-order valence-electron chi connectivity index (χ4n) is 3.29. The van der Waals surface area contributed by atoms with E-state index in [9.17, 15) is 9.59 Å². The number of amides is 1. The lowest BCUT2D eigenvalue weighted by Gasteiger charge is -2.12. The molecule has 3 aromatic carbocycles. The van der Waals surface area contributed by atoms with Gasteiger partial charge in [-0.05, 0) is 53.4 Å². The van der Waals surface area contributed by atoms with Crippen LogP contribution in [0.2, 0.25) is 0 Å². The first kappa shape index (κ1) is 19.6. The molecule has 0 radical (unpaired) electrons. The minimum atomic E-state index is -0.00501. The van der Waals surface area contributed by atoms with Gasteiger partial charge < -0.3 is 10.1 Å². The van der Waals surface area contributed by atoms with E-state index in [2.05, 4.69) is 5.32 Å². The second kappa shape index (κ2) is 9.18. The Kier molecular flexibility index (Phi) is 6.43. The summed E-state index contributed by atoms with van der Waals surface area (Å²) in [5.74, 6) is 0.821. The summed E-state index contributed by atoms with van der Waals surface area (Å²) in [6.07, 6.45) is 2.00. The van der Waals surface area contributed by atoms with Crippen molar-refractivity contribution < 1.29 is 14.3 Å². The van der Waals surface area contributed by atoms with Gasteiger partial charge in [-0.15, -0.1) is 0 Å². The highest BCUT2D eigenvalue weighted by Gasteiger charge is 2.13. The fraction of sp³-hybridized carbons (Fsp3) is 0.250. The molecule has 1 amide bonds. The van der Waals surface area contributed by atoms with E-state index in [-0.39, 0.29) is 11.7 Å². The smallest absolute Gasteiger partial charge is 0.219 e. The van der Waals surface area contributed by atoms with Crippen LogP contribution < -0.4 is 10.1 Å². The first-order valence-electron chi connectivity index (χ1n) is 9.59. The topological polar surface area (TPSA) is 55.4 Å². The van der Waals surface area contributed by atoms with Crippen molar-refractivity contribution in [3.63, 3.8) is 0 Å². The van der Waals surface area contributed by atoms with E-state index in [4.69, 9.17) is 4.74 Å². The van der Waals surface area contributed by atoms with Gasteiger partial charge in [-0.2, -0.15) is 0 Å². The maximum absolute atomic E-state index is 12.9. The Morgan fingerprint density at radius 2 is 1.75 bits per heavy atom. The van der Waals surface area contributed by atoms with E-state index in [0.717, 1.165) is 28.5 Å². The normalized spacial score (nSPS) is 10.6. The van der Waals surface area contributed by atoms with Crippen LogP contribution in [0, 0.1) is 0 Å². The molecule has 0 aliphatic carbocycles. The van der Waals surface area contributed by atoms with E-state index in [0.29, 0.717) is 30.5 Å². The van der Waals surface area contributed by atoms with Crippen LogP contribution in [0.15, 0.2) is 60.7 Å². The van der Waals surface area contributed by atoms with E-state index in [1.54, 1.807) is 7.11 Å². The molecule has 0 aliphatic rings. The molecule has 0 atom stereocenters. The minimum absolute atomic E-state index is 0.00501. The van der Waals surface area contributed by atoms with Gasteiger partial charge in [0, 0.05) is 24.1 Å². The van der Waals surface area contributed by atoms with E-state index < -0.39 is 0 Å². The van der Waals surface area contributed by atoms with Crippen LogP contribution >= 0.6 is 0 Å². The van der Waals surface area contributed by atoms with Crippen LogP contribution in [0.3, 0.4) is 0 Å². The Labute approximate surface area is 165 Å². The van der Waals surface area contributed by atoms with Crippen molar-refractivity contribution in [3.8, 4) is 5.75 Å². The summed E-state index contributed by atoms with van der Waals surface area (Å²) in [5, 5.41) is 4.97. The van der Waals surface area contributed by atoms with Crippen molar-refractivity contribution in [2.24, 2.45) is 0 Å². The molecule has 0 bridgehead atoms. The number of rotatable bonds is 8. The molecule has 0 spiro atoms. The average Bonchev–Trinajstić information content (AvgIpc) is 2.73. The van der Waals surface area contributed by atoms with E-state index in [1.165, 1.54) is 0 Å². The molecule has 1 N–H and O–H groups in total. The van der Waals surface area contributed by atoms with Gasteiger partial charge in [-0.3, -0.25) is 9.59 Å². The van der Waals surface area contributed by atoms with Gasteiger partial charge in [0.15, 0.2) is 5.78 Å². The highest BCUT2D eigenvalue weighted by molar-refractivity contribution is 6.11. The third-order valence-electron chi connectivity index (χ3n) is 4.74. The molecular formula is C24H25NO3. The predicted molar refractivity (Wildman–Crippen MR) is 112 cm³/mol. The van der Waals surface area contributed by atoms with Crippen molar-refractivity contribution in [2.45, 2.75) is 26.2 Å². The lowest BCUT2D eigenvalue weighted by Crippen LogP contribution is -2.25. The summed E-state index contributed by atoms with van der Waals surface area (Å²) in [7, 11) is 1.64. The zero-order valence-electron chi connectivity index (χ0n) is 16.3. The summed E-state index contributed by atoms with van der Waals surface area (Å²) in [4.78, 5) is 24.7. The molecule has 0 aromatic heterocycles. The Hall–Kier alpha value is -3.14. The number of carbonyl (C=O) groups is 2. The molecule has 4 heteroatoms. The molecule has 4 nitrogen and oxygen atoms in total. The van der Waals surface area contributed by atoms with Gasteiger partial charge in [0.05, 0.1) is 7.11 Å². The Bertz CT molecular complexity index is 980. The minimum Gasteiger partial charge on any atom is -0.497 e. The van der Waals surface area contributed by atoms with E-state index in [1.807, 2.05) is 67.6 Å². The van der Waals surface area contributed by atoms with Crippen LogP contribution in [0.4, 0.5) is 0 Å². The van der Waals surface area contributed by atoms with Crippen LogP contribution in [-0.4, -0.2) is 25.3 Å². The van der Waals surface area contributed by atoms with Gasteiger partial charge in [0.25, 0.3) is 0 Å². The monoisotopic (exact) mass is 375 g/mol. The highest BCUT2D eigenvalue weighted by atomic mass is 16.5. The Balaban J connectivity index is 1.95. The molecule has 0 saturated heterocycles. The average molecular weight is 375 g/mol. The SMILES string of the molecule is CCCC(=O)NCCc1cc(C(=O)c2ccccc2)cc2ccc(OC)cc12. The van der Waals surface area contributed by atoms with Gasteiger partial charge >= 0.3 is 0 Å². The van der Waals surface area contributed by atoms with Crippen molar-refractivity contribution in [1.29, 1.82) is 0 Å². The van der Waals surface area contributed by atoms with Crippen LogP contribution in [0.25, 0.3) is 10.8 Å². The third-order valence-corrected chi connectivity index (χ3v) is 4.74. The van der Waals surface area contributed by atoms with Crippen LogP contribution in [0.1, 0.15) is 41.3 Å². The number of hydrogen-bond acceptors (Lipinski definition) is 3. The maximum Gasteiger partial charge on any atom is 0.219 e. The van der Waals surface area contributed by atoms with E-state index >= 15 is 0 Å². The number of methoxy groups -OCH3 is 1. The maximum atomic E-state index is 12.9. The summed E-state index contributed by atoms with van der Waals surface area (Å²) in [5.41, 5.74) is 2.34. The largest absolute Gasteiger partial charge is 0.497 e. The molecule has 0 aliphatic heterocycles. The lowest BCUT2D eigenvalue weighted by molar-refractivity contribution is -0.121. The number of fused-ring (bicyclic) bond motifs is 1. The molecule has 144 valence electrons. The number of carbonyl (C=O) groups excluding carboxylic acids is 2. The number of ether oxygens (including phenoxy) is 1. The highest BCUT2D eigenvalue weighted by Crippen LogP contribution is 2.27. The summed E-state index contributed by atoms with van der Waals surface area (Å²) < 4.78 is 5.36. The van der Waals surface area contributed by atoms with Gasteiger partial charge in [-0.1, -0.05) is 43.3 Å². The second-order valence-corrected chi connectivity index (χ2v) is 6.77. The molecular weight excluding hydrogens is 350 g/mol. The first-order valence-corrected chi connectivity index (χ1v) is 9.59. The van der Waals surface area contributed by atoms with Crippen molar-refractivity contribution in [1.82, 2.24) is 5.32 Å². The Morgan fingerprint density at radius 1 is 0.964 bits per heavy atom. The number of hydrogen-bond donors (Lipinski definition) is 1. The molecule has 3 rings (SSSR count). The summed E-state index contributed by atoms with van der Waals surface area (Å²) in [6.45, 7) is 2.52. The van der Waals surface area contributed by atoms with Gasteiger partial charge in [0.2, 0.25) is 5.91 Å². The molecule has 0 heterocycles. The fourth-order valence-corrected chi connectivity index (χ4v) is 3.29. The van der Waals surface area contributed by atoms with Crippen molar-refractivity contribution in [2.75, 3.05) is 13.7 Å². The molecule has 0 unspecified atom stereocenters. The number of nitrogens with one attached hydrogen (secondary N) is 1.